The molecule has 3 N–H and O–H groups in total. The van der Waals surface area contributed by atoms with Crippen molar-refractivity contribution < 1.29 is 4.79 Å². The molecule has 0 bridgehead atoms. The summed E-state index contributed by atoms with van der Waals surface area (Å²) in [6, 6.07) is 8.65. The standard InChI is InChI=1S/C13H17N3O/c1-2-4-12(9-15)16-13(17)11-6-3-5-10(7-11)8-14/h3,5-7,12H,2,4,9,15H2,1H3,(H,16,17). The Hall–Kier alpha value is -1.86. The minimum atomic E-state index is -0.175. The number of rotatable bonds is 5. The van der Waals surface area contributed by atoms with E-state index in [1.807, 2.05) is 13.0 Å². The van der Waals surface area contributed by atoms with E-state index in [4.69, 9.17) is 11.0 Å². The Morgan fingerprint density at radius 3 is 2.94 bits per heavy atom. The summed E-state index contributed by atoms with van der Waals surface area (Å²) in [7, 11) is 0. The van der Waals surface area contributed by atoms with Crippen molar-refractivity contribution in [1.82, 2.24) is 5.32 Å². The molecule has 1 rings (SSSR count). The summed E-state index contributed by atoms with van der Waals surface area (Å²) in [6.07, 6.45) is 1.83. The van der Waals surface area contributed by atoms with E-state index in [2.05, 4.69) is 5.32 Å². The number of benzene rings is 1. The monoisotopic (exact) mass is 231 g/mol. The lowest BCUT2D eigenvalue weighted by atomic mass is 10.1. The van der Waals surface area contributed by atoms with Gasteiger partial charge in [0.05, 0.1) is 11.6 Å². The van der Waals surface area contributed by atoms with E-state index >= 15 is 0 Å². The first-order valence-electron chi connectivity index (χ1n) is 5.72. The molecular formula is C13H17N3O. The Balaban J connectivity index is 2.72. The van der Waals surface area contributed by atoms with Crippen LogP contribution in [0, 0.1) is 11.3 Å². The maximum atomic E-state index is 11.9. The third-order valence-electron chi connectivity index (χ3n) is 2.51. The van der Waals surface area contributed by atoms with Crippen LogP contribution in [0.2, 0.25) is 0 Å². The number of nitriles is 1. The number of carbonyl (C=O) groups is 1. The number of hydrogen-bond acceptors (Lipinski definition) is 3. The average molecular weight is 231 g/mol. The second-order valence-electron chi connectivity index (χ2n) is 3.89. The number of nitrogens with one attached hydrogen (secondary N) is 1. The minimum absolute atomic E-state index is 0.00163. The maximum Gasteiger partial charge on any atom is 0.251 e. The van der Waals surface area contributed by atoms with Gasteiger partial charge in [-0.1, -0.05) is 19.4 Å². The lowest BCUT2D eigenvalue weighted by molar-refractivity contribution is 0.0936. The van der Waals surface area contributed by atoms with Gasteiger partial charge >= 0.3 is 0 Å². The van der Waals surface area contributed by atoms with Gasteiger partial charge in [0.2, 0.25) is 0 Å². The molecule has 0 saturated carbocycles. The molecule has 0 aliphatic rings. The molecule has 0 aromatic heterocycles. The van der Waals surface area contributed by atoms with E-state index in [9.17, 15) is 4.79 Å². The van der Waals surface area contributed by atoms with E-state index in [0.717, 1.165) is 12.8 Å². The first kappa shape index (κ1) is 13.2. The number of nitrogens with two attached hydrogens (primary N) is 1. The Morgan fingerprint density at radius 1 is 1.59 bits per heavy atom. The third-order valence-corrected chi connectivity index (χ3v) is 2.51. The number of nitrogens with zero attached hydrogens (tertiary/aromatic N) is 1. The van der Waals surface area contributed by atoms with E-state index in [-0.39, 0.29) is 11.9 Å². The minimum Gasteiger partial charge on any atom is -0.348 e. The van der Waals surface area contributed by atoms with Gasteiger partial charge in [-0.05, 0) is 24.6 Å². The molecule has 4 heteroatoms. The third kappa shape index (κ3) is 3.89. The first-order valence-corrected chi connectivity index (χ1v) is 5.72. The zero-order chi connectivity index (χ0) is 12.7. The van der Waals surface area contributed by atoms with Crippen LogP contribution in [0.15, 0.2) is 24.3 Å². The highest BCUT2D eigenvalue weighted by Crippen LogP contribution is 2.05. The smallest absolute Gasteiger partial charge is 0.251 e. The Bertz CT molecular complexity index is 423. The zero-order valence-electron chi connectivity index (χ0n) is 9.94. The molecule has 17 heavy (non-hydrogen) atoms. The van der Waals surface area contributed by atoms with Gasteiger partial charge in [-0.25, -0.2) is 0 Å². The van der Waals surface area contributed by atoms with Gasteiger partial charge in [-0.3, -0.25) is 4.79 Å². The largest absolute Gasteiger partial charge is 0.348 e. The summed E-state index contributed by atoms with van der Waals surface area (Å²) in [5.74, 6) is -0.175. The highest BCUT2D eigenvalue weighted by Gasteiger charge is 2.11. The van der Waals surface area contributed by atoms with Crippen LogP contribution in [0.4, 0.5) is 0 Å². The average Bonchev–Trinajstić information content (AvgIpc) is 2.38. The second kappa shape index (κ2) is 6.66. The molecule has 4 nitrogen and oxygen atoms in total. The molecule has 1 atom stereocenters. The van der Waals surface area contributed by atoms with Crippen LogP contribution in [-0.2, 0) is 0 Å². The summed E-state index contributed by atoms with van der Waals surface area (Å²) >= 11 is 0. The van der Waals surface area contributed by atoms with Crippen LogP contribution in [0.25, 0.3) is 0 Å². The van der Waals surface area contributed by atoms with Crippen molar-refractivity contribution in [2.45, 2.75) is 25.8 Å². The van der Waals surface area contributed by atoms with Crippen LogP contribution < -0.4 is 11.1 Å². The lowest BCUT2D eigenvalue weighted by Gasteiger charge is -2.15. The summed E-state index contributed by atoms with van der Waals surface area (Å²) in [4.78, 5) is 11.9. The molecule has 1 aromatic carbocycles. The highest BCUT2D eigenvalue weighted by molar-refractivity contribution is 5.94. The van der Waals surface area contributed by atoms with Crippen molar-refractivity contribution in [3.8, 4) is 6.07 Å². The van der Waals surface area contributed by atoms with Gasteiger partial charge < -0.3 is 11.1 Å². The first-order chi connectivity index (χ1) is 8.21. The van der Waals surface area contributed by atoms with Gasteiger partial charge in [-0.15, -0.1) is 0 Å². The summed E-state index contributed by atoms with van der Waals surface area (Å²) in [5.41, 5.74) is 6.56. The van der Waals surface area contributed by atoms with Gasteiger partial charge in [0.1, 0.15) is 0 Å². The summed E-state index contributed by atoms with van der Waals surface area (Å²) in [6.45, 7) is 2.47. The van der Waals surface area contributed by atoms with Crippen LogP contribution >= 0.6 is 0 Å². The van der Waals surface area contributed by atoms with E-state index in [0.29, 0.717) is 17.7 Å². The van der Waals surface area contributed by atoms with Crippen molar-refractivity contribution >= 4 is 5.91 Å². The molecule has 0 spiro atoms. The highest BCUT2D eigenvalue weighted by atomic mass is 16.1. The molecule has 0 aliphatic heterocycles. The van der Waals surface area contributed by atoms with Crippen LogP contribution in [0.5, 0.6) is 0 Å². The molecular weight excluding hydrogens is 214 g/mol. The fourth-order valence-electron chi connectivity index (χ4n) is 1.60. The zero-order valence-corrected chi connectivity index (χ0v) is 9.94. The quantitative estimate of drug-likeness (QED) is 0.804. The van der Waals surface area contributed by atoms with Crippen molar-refractivity contribution in [2.24, 2.45) is 5.73 Å². The van der Waals surface area contributed by atoms with Crippen molar-refractivity contribution in [1.29, 1.82) is 5.26 Å². The second-order valence-corrected chi connectivity index (χ2v) is 3.89. The SMILES string of the molecule is CCCC(CN)NC(=O)c1cccc(C#N)c1. The molecule has 0 saturated heterocycles. The normalized spacial score (nSPS) is 11.6. The van der Waals surface area contributed by atoms with Crippen LogP contribution in [0.3, 0.4) is 0 Å². The van der Waals surface area contributed by atoms with Crippen molar-refractivity contribution in [2.75, 3.05) is 6.54 Å². The molecule has 1 unspecified atom stereocenters. The predicted molar refractivity (Wildman–Crippen MR) is 66.4 cm³/mol. The Morgan fingerprint density at radius 2 is 2.35 bits per heavy atom. The van der Waals surface area contributed by atoms with E-state index < -0.39 is 0 Å². The van der Waals surface area contributed by atoms with Crippen LogP contribution in [-0.4, -0.2) is 18.5 Å². The fourth-order valence-corrected chi connectivity index (χ4v) is 1.60. The van der Waals surface area contributed by atoms with E-state index in [1.54, 1.807) is 24.3 Å². The van der Waals surface area contributed by atoms with E-state index in [1.165, 1.54) is 0 Å². The van der Waals surface area contributed by atoms with Gasteiger partial charge in [0.15, 0.2) is 0 Å². The number of hydrogen-bond donors (Lipinski definition) is 2. The molecule has 0 radical (unpaired) electrons. The van der Waals surface area contributed by atoms with Gasteiger partial charge in [-0.2, -0.15) is 5.26 Å². The summed E-state index contributed by atoms with van der Waals surface area (Å²) < 4.78 is 0. The lowest BCUT2D eigenvalue weighted by Crippen LogP contribution is -2.40. The summed E-state index contributed by atoms with van der Waals surface area (Å²) in [5, 5.41) is 11.6. The molecule has 90 valence electrons. The maximum absolute atomic E-state index is 11.9. The fraction of sp³-hybridized carbons (Fsp3) is 0.385. The predicted octanol–water partition coefficient (Wildman–Crippen LogP) is 1.42. The molecule has 1 aromatic rings. The molecule has 0 fully saturated rings. The van der Waals surface area contributed by atoms with Crippen LogP contribution in [0.1, 0.15) is 35.7 Å². The van der Waals surface area contributed by atoms with Crippen molar-refractivity contribution in [3.63, 3.8) is 0 Å². The number of carbonyl (C=O) groups excluding carboxylic acids is 1. The van der Waals surface area contributed by atoms with Gasteiger partial charge in [0, 0.05) is 18.2 Å². The van der Waals surface area contributed by atoms with Gasteiger partial charge in [0.25, 0.3) is 5.91 Å². The number of amides is 1. The Labute approximate surface area is 101 Å². The van der Waals surface area contributed by atoms with Crippen molar-refractivity contribution in [3.05, 3.63) is 35.4 Å². The Kier molecular flexibility index (Phi) is 5.18. The molecule has 1 amide bonds. The molecule has 0 aliphatic carbocycles. The topological polar surface area (TPSA) is 78.9 Å². The molecule has 0 heterocycles.